The van der Waals surface area contributed by atoms with Crippen LogP contribution in [0, 0.1) is 0 Å². The summed E-state index contributed by atoms with van der Waals surface area (Å²) in [5.74, 6) is 0.797. The largest absolute Gasteiger partial charge is 0.496 e. The SMILES string of the molecule is COc1ccccc1-c1csc(NC(=O)CSc2ncnc(N)n2)n1. The predicted molar refractivity (Wildman–Crippen MR) is 97.7 cm³/mol. The fourth-order valence-corrected chi connectivity index (χ4v) is 3.30. The Morgan fingerprint density at radius 1 is 1.32 bits per heavy atom. The second kappa shape index (κ2) is 7.90. The molecule has 10 heteroatoms. The van der Waals surface area contributed by atoms with E-state index in [4.69, 9.17) is 10.5 Å². The van der Waals surface area contributed by atoms with Gasteiger partial charge in [-0.2, -0.15) is 4.98 Å². The van der Waals surface area contributed by atoms with E-state index in [9.17, 15) is 4.79 Å². The zero-order chi connectivity index (χ0) is 17.6. The molecule has 0 fully saturated rings. The van der Waals surface area contributed by atoms with Crippen LogP contribution in [0.5, 0.6) is 5.75 Å². The van der Waals surface area contributed by atoms with Gasteiger partial charge in [0.15, 0.2) is 10.3 Å². The van der Waals surface area contributed by atoms with E-state index in [1.54, 1.807) is 7.11 Å². The number of hydrogen-bond donors (Lipinski definition) is 2. The second-order valence-corrected chi connectivity index (χ2v) is 6.50. The molecule has 0 saturated heterocycles. The number of para-hydroxylation sites is 1. The van der Waals surface area contributed by atoms with Gasteiger partial charge in [-0.1, -0.05) is 23.9 Å². The quantitative estimate of drug-likeness (QED) is 0.632. The van der Waals surface area contributed by atoms with Crippen molar-refractivity contribution < 1.29 is 9.53 Å². The Labute approximate surface area is 151 Å². The third-order valence-corrected chi connectivity index (χ3v) is 4.65. The summed E-state index contributed by atoms with van der Waals surface area (Å²) in [4.78, 5) is 28.0. The number of anilines is 2. The molecule has 0 radical (unpaired) electrons. The third kappa shape index (κ3) is 4.43. The van der Waals surface area contributed by atoms with Crippen LogP contribution in [0.2, 0.25) is 0 Å². The molecule has 0 aliphatic rings. The molecule has 8 nitrogen and oxygen atoms in total. The van der Waals surface area contributed by atoms with E-state index in [1.807, 2.05) is 29.6 Å². The minimum absolute atomic E-state index is 0.124. The molecule has 1 aromatic carbocycles. The van der Waals surface area contributed by atoms with Crippen molar-refractivity contribution >= 4 is 40.1 Å². The molecule has 0 aliphatic heterocycles. The Hall–Kier alpha value is -2.72. The number of carbonyl (C=O) groups is 1. The van der Waals surface area contributed by atoms with E-state index >= 15 is 0 Å². The lowest BCUT2D eigenvalue weighted by Gasteiger charge is -2.05. The lowest BCUT2D eigenvalue weighted by molar-refractivity contribution is -0.113. The molecule has 25 heavy (non-hydrogen) atoms. The summed E-state index contributed by atoms with van der Waals surface area (Å²) in [6, 6.07) is 7.58. The topological polar surface area (TPSA) is 116 Å². The van der Waals surface area contributed by atoms with Crippen LogP contribution in [0.3, 0.4) is 0 Å². The number of aromatic nitrogens is 4. The lowest BCUT2D eigenvalue weighted by atomic mass is 10.1. The number of amides is 1. The minimum Gasteiger partial charge on any atom is -0.496 e. The molecule has 3 aromatic rings. The molecule has 1 amide bonds. The van der Waals surface area contributed by atoms with Gasteiger partial charge >= 0.3 is 0 Å². The fourth-order valence-electron chi connectivity index (χ4n) is 1.96. The van der Waals surface area contributed by atoms with Gasteiger partial charge in [0.25, 0.3) is 0 Å². The summed E-state index contributed by atoms with van der Waals surface area (Å²) in [6.07, 6.45) is 1.31. The summed E-state index contributed by atoms with van der Waals surface area (Å²) in [6.45, 7) is 0. The molecule has 0 bridgehead atoms. The van der Waals surface area contributed by atoms with Crippen LogP contribution in [0.1, 0.15) is 0 Å². The average molecular weight is 374 g/mol. The van der Waals surface area contributed by atoms with Crippen molar-refractivity contribution in [3.05, 3.63) is 36.0 Å². The highest BCUT2D eigenvalue weighted by Gasteiger charge is 2.12. The van der Waals surface area contributed by atoms with Crippen molar-refractivity contribution in [3.8, 4) is 17.0 Å². The number of nitrogens with two attached hydrogens (primary N) is 1. The van der Waals surface area contributed by atoms with Crippen LogP contribution < -0.4 is 15.8 Å². The van der Waals surface area contributed by atoms with Crippen molar-refractivity contribution in [2.75, 3.05) is 23.9 Å². The van der Waals surface area contributed by atoms with Crippen LogP contribution in [0.25, 0.3) is 11.3 Å². The van der Waals surface area contributed by atoms with Crippen LogP contribution in [0.15, 0.2) is 41.1 Å². The summed E-state index contributed by atoms with van der Waals surface area (Å²) in [5, 5.41) is 5.54. The number of methoxy groups -OCH3 is 1. The number of thiazole rings is 1. The second-order valence-electron chi connectivity index (χ2n) is 4.70. The number of nitrogens with zero attached hydrogens (tertiary/aromatic N) is 4. The van der Waals surface area contributed by atoms with Gasteiger partial charge in [-0.3, -0.25) is 4.79 Å². The maximum Gasteiger partial charge on any atom is 0.236 e. The molecular weight excluding hydrogens is 360 g/mol. The maximum absolute atomic E-state index is 12.0. The molecule has 2 heterocycles. The van der Waals surface area contributed by atoms with E-state index in [2.05, 4.69) is 25.3 Å². The Bertz CT molecular complexity index is 886. The first-order chi connectivity index (χ1) is 12.2. The molecular formula is C15H14N6O2S2. The third-order valence-electron chi connectivity index (χ3n) is 3.03. The number of thioether (sulfide) groups is 1. The van der Waals surface area contributed by atoms with Gasteiger partial charge in [0, 0.05) is 10.9 Å². The monoisotopic (exact) mass is 374 g/mol. The Morgan fingerprint density at radius 2 is 2.16 bits per heavy atom. The number of benzene rings is 1. The Kier molecular flexibility index (Phi) is 5.41. The van der Waals surface area contributed by atoms with Gasteiger partial charge in [0.05, 0.1) is 18.6 Å². The highest BCUT2D eigenvalue weighted by atomic mass is 32.2. The first-order valence-corrected chi connectivity index (χ1v) is 8.98. The minimum atomic E-state index is -0.204. The van der Waals surface area contributed by atoms with Gasteiger partial charge in [-0.05, 0) is 12.1 Å². The number of nitrogen functional groups attached to an aromatic ring is 1. The van der Waals surface area contributed by atoms with Crippen molar-refractivity contribution in [1.82, 2.24) is 19.9 Å². The normalized spacial score (nSPS) is 10.4. The molecule has 0 atom stereocenters. The molecule has 128 valence electrons. The highest BCUT2D eigenvalue weighted by molar-refractivity contribution is 7.99. The summed E-state index contributed by atoms with van der Waals surface area (Å²) >= 11 is 2.52. The molecule has 0 saturated carbocycles. The van der Waals surface area contributed by atoms with Gasteiger partial charge in [0.2, 0.25) is 11.9 Å². The summed E-state index contributed by atoms with van der Waals surface area (Å²) in [7, 11) is 1.61. The molecule has 0 spiro atoms. The summed E-state index contributed by atoms with van der Waals surface area (Å²) < 4.78 is 5.33. The van der Waals surface area contributed by atoms with Crippen LogP contribution in [0.4, 0.5) is 11.1 Å². The van der Waals surface area contributed by atoms with Crippen molar-refractivity contribution in [2.45, 2.75) is 5.16 Å². The molecule has 0 aliphatic carbocycles. The molecule has 3 rings (SSSR count). The van der Waals surface area contributed by atoms with Crippen molar-refractivity contribution in [3.63, 3.8) is 0 Å². The Morgan fingerprint density at radius 3 is 2.96 bits per heavy atom. The smallest absolute Gasteiger partial charge is 0.236 e. The van der Waals surface area contributed by atoms with Crippen LogP contribution >= 0.6 is 23.1 Å². The molecule has 0 unspecified atom stereocenters. The maximum atomic E-state index is 12.0. The molecule has 2 aromatic heterocycles. The van der Waals surface area contributed by atoms with E-state index < -0.39 is 0 Å². The number of carbonyl (C=O) groups excluding carboxylic acids is 1. The average Bonchev–Trinajstić information content (AvgIpc) is 3.08. The first kappa shape index (κ1) is 17.1. The van der Waals surface area contributed by atoms with Crippen molar-refractivity contribution in [2.24, 2.45) is 0 Å². The Balaban J connectivity index is 1.62. The van der Waals surface area contributed by atoms with Crippen LogP contribution in [-0.4, -0.2) is 38.7 Å². The van der Waals surface area contributed by atoms with E-state index in [1.165, 1.54) is 29.4 Å². The van der Waals surface area contributed by atoms with E-state index in [0.717, 1.165) is 17.0 Å². The molecule has 3 N–H and O–H groups in total. The first-order valence-electron chi connectivity index (χ1n) is 7.12. The standard InChI is InChI=1S/C15H14N6O2S2/c1-23-11-5-3-2-4-9(11)10-6-24-15(19-10)20-12(22)7-25-14-18-8-17-13(16)21-14/h2-6,8H,7H2,1H3,(H,19,20,22)(H2,16,17,18,21). The fraction of sp³-hybridized carbons (Fsp3) is 0.133. The number of hydrogen-bond acceptors (Lipinski definition) is 9. The zero-order valence-corrected chi connectivity index (χ0v) is 14.8. The number of rotatable bonds is 6. The van der Waals surface area contributed by atoms with Crippen LogP contribution in [-0.2, 0) is 4.79 Å². The van der Waals surface area contributed by atoms with Crippen molar-refractivity contribution in [1.29, 1.82) is 0 Å². The van der Waals surface area contributed by atoms with Gasteiger partial charge in [0.1, 0.15) is 12.1 Å². The van der Waals surface area contributed by atoms with E-state index in [-0.39, 0.29) is 17.6 Å². The van der Waals surface area contributed by atoms with Gasteiger partial charge < -0.3 is 15.8 Å². The lowest BCUT2D eigenvalue weighted by Crippen LogP contribution is -2.14. The van der Waals surface area contributed by atoms with Gasteiger partial charge in [-0.15, -0.1) is 11.3 Å². The van der Waals surface area contributed by atoms with Gasteiger partial charge in [-0.25, -0.2) is 15.0 Å². The predicted octanol–water partition coefficient (Wildman–Crippen LogP) is 2.32. The summed E-state index contributed by atoms with van der Waals surface area (Å²) in [5.41, 5.74) is 7.09. The number of ether oxygens (including phenoxy) is 1. The highest BCUT2D eigenvalue weighted by Crippen LogP contribution is 2.31. The zero-order valence-electron chi connectivity index (χ0n) is 13.2. The number of nitrogens with one attached hydrogen (secondary N) is 1. The van der Waals surface area contributed by atoms with E-state index in [0.29, 0.717) is 10.3 Å².